The second-order valence-corrected chi connectivity index (χ2v) is 7.30. The van der Waals surface area contributed by atoms with Crippen LogP contribution in [0.1, 0.15) is 28.6 Å². The number of hydrogen-bond donors (Lipinski definition) is 3. The maximum Gasteiger partial charge on any atom is 0.267 e. The monoisotopic (exact) mass is 398 g/mol. The van der Waals surface area contributed by atoms with Crippen LogP contribution in [0.25, 0.3) is 21.8 Å². The van der Waals surface area contributed by atoms with Crippen molar-refractivity contribution in [1.82, 2.24) is 15.0 Å². The van der Waals surface area contributed by atoms with Gasteiger partial charge in [-0.15, -0.1) is 11.3 Å². The van der Waals surface area contributed by atoms with Gasteiger partial charge >= 0.3 is 0 Å². The Labute approximate surface area is 164 Å². The summed E-state index contributed by atoms with van der Waals surface area (Å²) in [4.78, 5) is 25.1. The Morgan fingerprint density at radius 3 is 2.86 bits per heavy atom. The van der Waals surface area contributed by atoms with Gasteiger partial charge in [0, 0.05) is 35.1 Å². The lowest BCUT2D eigenvalue weighted by molar-refractivity contribution is -0.136. The van der Waals surface area contributed by atoms with Crippen molar-refractivity contribution in [2.75, 3.05) is 6.61 Å². The predicted molar refractivity (Wildman–Crippen MR) is 102 cm³/mol. The Balaban J connectivity index is 1.98. The third-order valence-corrected chi connectivity index (χ3v) is 5.40. The molecule has 3 aromatic rings. The molecule has 4 rings (SSSR count). The molecule has 28 heavy (non-hydrogen) atoms. The zero-order chi connectivity index (χ0) is 19.7. The van der Waals surface area contributed by atoms with Crippen LogP contribution in [0.3, 0.4) is 0 Å². The number of hydrogen-bond acceptors (Lipinski definition) is 8. The van der Waals surface area contributed by atoms with E-state index in [2.05, 4.69) is 15.0 Å². The van der Waals surface area contributed by atoms with Gasteiger partial charge in [-0.1, -0.05) is 6.07 Å². The highest BCUT2D eigenvalue weighted by Gasteiger charge is 2.36. The lowest BCUT2D eigenvalue weighted by atomic mass is 9.89. The summed E-state index contributed by atoms with van der Waals surface area (Å²) in [7, 11) is 0. The fourth-order valence-corrected chi connectivity index (χ4v) is 3.90. The Kier molecular flexibility index (Phi) is 5.14. The van der Waals surface area contributed by atoms with E-state index in [0.29, 0.717) is 33.8 Å². The number of rotatable bonds is 4. The summed E-state index contributed by atoms with van der Waals surface area (Å²) in [6.45, 7) is 0.274. The van der Waals surface area contributed by atoms with Crippen LogP contribution in [0.4, 0.5) is 0 Å². The number of pyridine rings is 2. The summed E-state index contributed by atoms with van der Waals surface area (Å²) in [6.07, 6.45) is 2.22. The molecule has 1 fully saturated rings. The van der Waals surface area contributed by atoms with E-state index in [1.165, 1.54) is 11.3 Å². The quantitative estimate of drug-likeness (QED) is 0.607. The summed E-state index contributed by atoms with van der Waals surface area (Å²) < 4.78 is 5.79. The topological polar surface area (TPSA) is 131 Å². The van der Waals surface area contributed by atoms with E-state index in [-0.39, 0.29) is 12.3 Å². The van der Waals surface area contributed by atoms with Gasteiger partial charge in [0.05, 0.1) is 12.7 Å². The minimum Gasteiger partial charge on any atom is -0.390 e. The van der Waals surface area contributed by atoms with Gasteiger partial charge in [-0.25, -0.2) is 9.97 Å². The van der Waals surface area contributed by atoms with E-state index in [0.717, 1.165) is 0 Å². The van der Waals surface area contributed by atoms with Gasteiger partial charge in [-0.2, -0.15) is 0 Å². The zero-order valence-corrected chi connectivity index (χ0v) is 15.5. The molecule has 1 saturated heterocycles. The average molecular weight is 398 g/mol. The fourth-order valence-electron chi connectivity index (χ4n) is 3.30. The smallest absolute Gasteiger partial charge is 0.267 e. The maximum absolute atomic E-state index is 12.3. The van der Waals surface area contributed by atoms with Crippen LogP contribution in [0.15, 0.2) is 42.2 Å². The zero-order valence-electron chi connectivity index (χ0n) is 14.7. The van der Waals surface area contributed by atoms with Crippen LogP contribution in [0.5, 0.6) is 0 Å². The SMILES string of the molecule is NC(=O)c1nc(-c2nccs2)cc(C2OCCC(O)C2O)c1-c1cccnc1. The van der Waals surface area contributed by atoms with Gasteiger partial charge in [0.25, 0.3) is 5.91 Å². The highest BCUT2D eigenvalue weighted by molar-refractivity contribution is 7.13. The first kappa shape index (κ1) is 18.6. The number of thiazole rings is 1. The first-order valence-electron chi connectivity index (χ1n) is 8.69. The second-order valence-electron chi connectivity index (χ2n) is 6.40. The predicted octanol–water partition coefficient (Wildman–Crippen LogP) is 1.55. The van der Waals surface area contributed by atoms with Crippen LogP contribution >= 0.6 is 11.3 Å². The molecule has 0 radical (unpaired) electrons. The average Bonchev–Trinajstić information content (AvgIpc) is 3.24. The van der Waals surface area contributed by atoms with Crippen LogP contribution in [0.2, 0.25) is 0 Å². The molecule has 1 amide bonds. The van der Waals surface area contributed by atoms with Gasteiger partial charge in [0.1, 0.15) is 28.6 Å². The molecule has 3 unspecified atom stereocenters. The number of aromatic nitrogens is 3. The van der Waals surface area contributed by atoms with Crippen LogP contribution in [-0.2, 0) is 4.74 Å². The van der Waals surface area contributed by atoms with E-state index in [9.17, 15) is 15.0 Å². The van der Waals surface area contributed by atoms with Crippen LogP contribution in [-0.4, -0.2) is 49.9 Å². The summed E-state index contributed by atoms with van der Waals surface area (Å²) >= 11 is 1.36. The molecule has 0 aliphatic carbocycles. The molecular formula is C19H18N4O4S. The second kappa shape index (κ2) is 7.72. The molecule has 0 saturated carbocycles. The minimum absolute atomic E-state index is 0.0339. The molecule has 0 aromatic carbocycles. The van der Waals surface area contributed by atoms with Crippen molar-refractivity contribution in [2.45, 2.75) is 24.7 Å². The summed E-state index contributed by atoms with van der Waals surface area (Å²) in [5, 5.41) is 23.1. The van der Waals surface area contributed by atoms with Crippen molar-refractivity contribution in [1.29, 1.82) is 0 Å². The standard InChI is InChI=1S/C19H18N4O4S/c20-18(26)15-14(10-2-1-4-21-9-10)11(17-16(25)13(24)3-6-27-17)8-12(23-15)19-22-5-7-28-19/h1-2,4-5,7-9,13,16-17,24-25H,3,6H2,(H2,20,26). The number of nitrogens with two attached hydrogens (primary N) is 1. The van der Waals surface area contributed by atoms with Crippen LogP contribution in [0, 0.1) is 0 Å². The van der Waals surface area contributed by atoms with E-state index in [1.807, 2.05) is 0 Å². The molecule has 0 bridgehead atoms. The molecule has 0 spiro atoms. The molecule has 144 valence electrons. The third kappa shape index (κ3) is 3.40. The number of ether oxygens (including phenoxy) is 1. The lowest BCUT2D eigenvalue weighted by Crippen LogP contribution is -2.39. The molecule has 1 aliphatic rings. The number of carbonyl (C=O) groups excluding carboxylic acids is 1. The van der Waals surface area contributed by atoms with Gasteiger partial charge in [-0.05, 0) is 24.1 Å². The number of primary amides is 1. The first-order valence-corrected chi connectivity index (χ1v) is 9.57. The molecular weight excluding hydrogens is 380 g/mol. The molecule has 9 heteroatoms. The van der Waals surface area contributed by atoms with Crippen molar-refractivity contribution in [3.8, 4) is 21.8 Å². The third-order valence-electron chi connectivity index (χ3n) is 4.61. The largest absolute Gasteiger partial charge is 0.390 e. The number of nitrogens with zero attached hydrogens (tertiary/aromatic N) is 3. The number of amides is 1. The molecule has 3 atom stereocenters. The van der Waals surface area contributed by atoms with Crippen molar-refractivity contribution >= 4 is 17.2 Å². The van der Waals surface area contributed by atoms with Crippen molar-refractivity contribution in [3.05, 3.63) is 53.4 Å². The van der Waals surface area contributed by atoms with Gasteiger partial charge in [0.15, 0.2) is 0 Å². The molecule has 4 heterocycles. The van der Waals surface area contributed by atoms with Gasteiger partial charge in [-0.3, -0.25) is 9.78 Å². The Bertz CT molecular complexity index is 981. The van der Waals surface area contributed by atoms with E-state index in [1.54, 1.807) is 42.2 Å². The minimum atomic E-state index is -1.16. The van der Waals surface area contributed by atoms with Crippen molar-refractivity contribution in [2.24, 2.45) is 5.73 Å². The Morgan fingerprint density at radius 1 is 1.32 bits per heavy atom. The Morgan fingerprint density at radius 2 is 2.18 bits per heavy atom. The molecule has 4 N–H and O–H groups in total. The normalized spacial score (nSPS) is 22.1. The summed E-state index contributed by atoms with van der Waals surface area (Å²) in [5.74, 6) is -0.718. The summed E-state index contributed by atoms with van der Waals surface area (Å²) in [6, 6.07) is 5.22. The molecule has 3 aromatic heterocycles. The van der Waals surface area contributed by atoms with E-state index >= 15 is 0 Å². The van der Waals surface area contributed by atoms with E-state index < -0.39 is 24.2 Å². The van der Waals surface area contributed by atoms with Crippen molar-refractivity contribution in [3.63, 3.8) is 0 Å². The highest BCUT2D eigenvalue weighted by atomic mass is 32.1. The Hall–Kier alpha value is -2.72. The molecule has 1 aliphatic heterocycles. The van der Waals surface area contributed by atoms with Gasteiger partial charge < -0.3 is 20.7 Å². The van der Waals surface area contributed by atoms with Gasteiger partial charge in [0.2, 0.25) is 0 Å². The number of carbonyl (C=O) groups is 1. The summed E-state index contributed by atoms with van der Waals surface area (Å²) in [5.41, 5.74) is 7.67. The lowest BCUT2D eigenvalue weighted by Gasteiger charge is -2.33. The van der Waals surface area contributed by atoms with Crippen LogP contribution < -0.4 is 5.73 Å². The maximum atomic E-state index is 12.3. The fraction of sp³-hybridized carbons (Fsp3) is 0.263. The highest BCUT2D eigenvalue weighted by Crippen LogP contribution is 2.39. The van der Waals surface area contributed by atoms with Crippen molar-refractivity contribution < 1.29 is 19.7 Å². The number of aliphatic hydroxyl groups is 2. The molecule has 8 nitrogen and oxygen atoms in total. The van der Waals surface area contributed by atoms with E-state index in [4.69, 9.17) is 10.5 Å². The first-order chi connectivity index (χ1) is 13.6. The number of aliphatic hydroxyl groups excluding tert-OH is 2.